The van der Waals surface area contributed by atoms with E-state index in [2.05, 4.69) is 0 Å². The Morgan fingerprint density at radius 1 is 1.21 bits per heavy atom. The first kappa shape index (κ1) is 11.1. The Kier molecular flexibility index (Phi) is 3.21. The van der Waals surface area contributed by atoms with E-state index in [9.17, 15) is 8.78 Å². The average molecular weight is 200 g/mol. The van der Waals surface area contributed by atoms with Gasteiger partial charge in [0.15, 0.2) is 0 Å². The summed E-state index contributed by atoms with van der Waals surface area (Å²) in [5, 5.41) is 8.51. The van der Waals surface area contributed by atoms with Gasteiger partial charge in [-0.15, -0.1) is 0 Å². The van der Waals surface area contributed by atoms with Gasteiger partial charge in [-0.1, -0.05) is 12.1 Å². The summed E-state index contributed by atoms with van der Waals surface area (Å²) in [6, 6.07) is 4.57. The van der Waals surface area contributed by atoms with Crippen LogP contribution in [0.5, 0.6) is 0 Å². The third-order valence-electron chi connectivity index (χ3n) is 2.36. The molecule has 0 bridgehead atoms. The van der Waals surface area contributed by atoms with Gasteiger partial charge >= 0.3 is 0 Å². The Bertz CT molecular complexity index is 321. The first-order chi connectivity index (χ1) is 6.47. The Hall–Kier alpha value is -0.960. The molecule has 0 aromatic heterocycles. The molecule has 0 saturated heterocycles. The number of halogens is 2. The number of benzene rings is 1. The van der Waals surface area contributed by atoms with E-state index in [0.29, 0.717) is 0 Å². The van der Waals surface area contributed by atoms with Crippen LogP contribution in [0.25, 0.3) is 0 Å². The van der Waals surface area contributed by atoms with Gasteiger partial charge in [0.2, 0.25) is 0 Å². The zero-order valence-corrected chi connectivity index (χ0v) is 8.35. The minimum absolute atomic E-state index is 0.0188. The molecule has 0 spiro atoms. The van der Waals surface area contributed by atoms with Crippen molar-refractivity contribution < 1.29 is 13.9 Å². The first-order valence-corrected chi connectivity index (χ1v) is 4.54. The minimum atomic E-state index is -2.92. The molecule has 0 saturated carbocycles. The summed E-state index contributed by atoms with van der Waals surface area (Å²) in [6.07, 6.45) is -0.518. The standard InChI is InChI=1S/C11H14F2O/c1-8-3-4-10(7-9(8)2)11(12,13)5-6-14/h3-4,7,14H,5-6H2,1-2H3. The molecule has 1 aromatic rings. The van der Waals surface area contributed by atoms with Gasteiger partial charge in [0.1, 0.15) is 0 Å². The summed E-state index contributed by atoms with van der Waals surface area (Å²) in [7, 11) is 0. The van der Waals surface area contributed by atoms with Crippen LogP contribution in [0.2, 0.25) is 0 Å². The van der Waals surface area contributed by atoms with Crippen molar-refractivity contribution in [1.29, 1.82) is 0 Å². The smallest absolute Gasteiger partial charge is 0.275 e. The van der Waals surface area contributed by atoms with E-state index in [1.165, 1.54) is 12.1 Å². The van der Waals surface area contributed by atoms with Crippen molar-refractivity contribution >= 4 is 0 Å². The van der Waals surface area contributed by atoms with Crippen molar-refractivity contribution in [3.05, 3.63) is 34.9 Å². The topological polar surface area (TPSA) is 20.2 Å². The van der Waals surface area contributed by atoms with E-state index < -0.39 is 19.0 Å². The summed E-state index contributed by atoms with van der Waals surface area (Å²) in [5.41, 5.74) is 1.82. The van der Waals surface area contributed by atoms with E-state index in [1.54, 1.807) is 13.0 Å². The molecule has 0 fully saturated rings. The second-order valence-corrected chi connectivity index (χ2v) is 3.48. The van der Waals surface area contributed by atoms with E-state index >= 15 is 0 Å². The molecule has 1 aromatic carbocycles. The largest absolute Gasteiger partial charge is 0.396 e. The van der Waals surface area contributed by atoms with Gasteiger partial charge in [-0.3, -0.25) is 0 Å². The Balaban J connectivity index is 3.01. The highest BCUT2D eigenvalue weighted by Gasteiger charge is 2.30. The zero-order chi connectivity index (χ0) is 10.8. The highest BCUT2D eigenvalue weighted by molar-refractivity contribution is 5.32. The van der Waals surface area contributed by atoms with Gasteiger partial charge in [-0.05, 0) is 31.0 Å². The summed E-state index contributed by atoms with van der Waals surface area (Å²) in [4.78, 5) is 0. The van der Waals surface area contributed by atoms with Crippen LogP contribution in [0.15, 0.2) is 18.2 Å². The molecule has 14 heavy (non-hydrogen) atoms. The van der Waals surface area contributed by atoms with E-state index in [4.69, 9.17) is 5.11 Å². The number of aliphatic hydroxyl groups is 1. The quantitative estimate of drug-likeness (QED) is 0.795. The lowest BCUT2D eigenvalue weighted by Gasteiger charge is -2.16. The van der Waals surface area contributed by atoms with Crippen LogP contribution in [0.4, 0.5) is 8.78 Å². The second-order valence-electron chi connectivity index (χ2n) is 3.48. The lowest BCUT2D eigenvalue weighted by Crippen LogP contribution is -2.15. The average Bonchev–Trinajstić information content (AvgIpc) is 2.09. The highest BCUT2D eigenvalue weighted by atomic mass is 19.3. The van der Waals surface area contributed by atoms with Crippen molar-refractivity contribution in [2.45, 2.75) is 26.2 Å². The Morgan fingerprint density at radius 3 is 2.36 bits per heavy atom. The number of hydrogen-bond donors (Lipinski definition) is 1. The maximum absolute atomic E-state index is 13.3. The first-order valence-electron chi connectivity index (χ1n) is 4.54. The SMILES string of the molecule is Cc1ccc(C(F)(F)CCO)cc1C. The van der Waals surface area contributed by atoms with Crippen molar-refractivity contribution in [3.8, 4) is 0 Å². The number of rotatable bonds is 3. The van der Waals surface area contributed by atoms with E-state index in [1.807, 2.05) is 6.92 Å². The van der Waals surface area contributed by atoms with Gasteiger partial charge in [-0.2, -0.15) is 0 Å². The van der Waals surface area contributed by atoms with Crippen LogP contribution in [-0.2, 0) is 5.92 Å². The van der Waals surface area contributed by atoms with Crippen LogP contribution in [0.3, 0.4) is 0 Å². The monoisotopic (exact) mass is 200 g/mol. The Labute approximate surface area is 82.4 Å². The maximum atomic E-state index is 13.3. The normalized spacial score (nSPS) is 11.8. The molecule has 0 aliphatic carbocycles. The van der Waals surface area contributed by atoms with Gasteiger partial charge in [0.05, 0.1) is 0 Å². The van der Waals surface area contributed by atoms with Crippen LogP contribution in [0, 0.1) is 13.8 Å². The lowest BCUT2D eigenvalue weighted by atomic mass is 10.0. The van der Waals surface area contributed by atoms with Crippen molar-refractivity contribution in [3.63, 3.8) is 0 Å². The van der Waals surface area contributed by atoms with E-state index in [-0.39, 0.29) is 5.56 Å². The van der Waals surface area contributed by atoms with Crippen molar-refractivity contribution in [1.82, 2.24) is 0 Å². The molecular weight excluding hydrogens is 186 g/mol. The molecule has 0 aliphatic heterocycles. The molecule has 0 amide bonds. The molecule has 0 heterocycles. The van der Waals surface area contributed by atoms with Crippen LogP contribution < -0.4 is 0 Å². The molecular formula is C11H14F2O. The second kappa shape index (κ2) is 4.05. The van der Waals surface area contributed by atoms with E-state index in [0.717, 1.165) is 11.1 Å². The fraction of sp³-hybridized carbons (Fsp3) is 0.455. The molecule has 0 aliphatic rings. The predicted molar refractivity (Wildman–Crippen MR) is 51.5 cm³/mol. The number of aliphatic hydroxyl groups excluding tert-OH is 1. The van der Waals surface area contributed by atoms with Crippen LogP contribution >= 0.6 is 0 Å². The summed E-state index contributed by atoms with van der Waals surface area (Å²) in [5.74, 6) is -2.92. The lowest BCUT2D eigenvalue weighted by molar-refractivity contribution is -0.0270. The van der Waals surface area contributed by atoms with Crippen LogP contribution in [0.1, 0.15) is 23.1 Å². The molecule has 0 unspecified atom stereocenters. The third kappa shape index (κ3) is 2.29. The number of alkyl halides is 2. The maximum Gasteiger partial charge on any atom is 0.275 e. The molecule has 1 N–H and O–H groups in total. The fourth-order valence-corrected chi connectivity index (χ4v) is 1.25. The van der Waals surface area contributed by atoms with Gasteiger partial charge in [0.25, 0.3) is 5.92 Å². The third-order valence-corrected chi connectivity index (χ3v) is 2.36. The number of aryl methyl sites for hydroxylation is 2. The molecule has 0 radical (unpaired) electrons. The molecule has 1 rings (SSSR count). The zero-order valence-electron chi connectivity index (χ0n) is 8.35. The summed E-state index contributed by atoms with van der Waals surface area (Å²) in [6.45, 7) is 3.18. The summed E-state index contributed by atoms with van der Waals surface area (Å²) < 4.78 is 26.6. The number of hydrogen-bond acceptors (Lipinski definition) is 1. The predicted octanol–water partition coefficient (Wildman–Crippen LogP) is 2.78. The molecule has 0 atom stereocenters. The molecule has 1 nitrogen and oxygen atoms in total. The van der Waals surface area contributed by atoms with Crippen LogP contribution in [-0.4, -0.2) is 11.7 Å². The minimum Gasteiger partial charge on any atom is -0.396 e. The van der Waals surface area contributed by atoms with Gasteiger partial charge in [0, 0.05) is 18.6 Å². The molecule has 3 heteroatoms. The summed E-state index contributed by atoms with van der Waals surface area (Å²) >= 11 is 0. The Morgan fingerprint density at radius 2 is 1.86 bits per heavy atom. The molecule has 78 valence electrons. The van der Waals surface area contributed by atoms with Gasteiger partial charge in [-0.25, -0.2) is 8.78 Å². The highest BCUT2D eigenvalue weighted by Crippen LogP contribution is 2.32. The fourth-order valence-electron chi connectivity index (χ4n) is 1.25. The van der Waals surface area contributed by atoms with Gasteiger partial charge < -0.3 is 5.11 Å². The van der Waals surface area contributed by atoms with Crippen molar-refractivity contribution in [2.24, 2.45) is 0 Å². The van der Waals surface area contributed by atoms with Crippen molar-refractivity contribution in [2.75, 3.05) is 6.61 Å².